The summed E-state index contributed by atoms with van der Waals surface area (Å²) >= 11 is 1.40. The quantitative estimate of drug-likeness (QED) is 0.911. The van der Waals surface area contributed by atoms with Gasteiger partial charge in [-0.05, 0) is 42.8 Å². The van der Waals surface area contributed by atoms with E-state index in [1.165, 1.54) is 11.3 Å². The van der Waals surface area contributed by atoms with E-state index < -0.39 is 5.97 Å². The van der Waals surface area contributed by atoms with Crippen LogP contribution in [0.4, 0.5) is 0 Å². The molecular formula is C15H16N2O3S. The van der Waals surface area contributed by atoms with Gasteiger partial charge in [0, 0.05) is 18.4 Å². The maximum Gasteiger partial charge on any atom is 0.306 e. The Bertz CT molecular complexity index is 648. The largest absolute Gasteiger partial charge is 0.481 e. The number of nitrogens with zero attached hydrogens (tertiary/aromatic N) is 1. The van der Waals surface area contributed by atoms with Crippen molar-refractivity contribution in [2.45, 2.75) is 25.3 Å². The number of aromatic nitrogens is 1. The number of carbonyl (C=O) groups excluding carboxylic acids is 1. The van der Waals surface area contributed by atoms with Crippen LogP contribution in [-0.2, 0) is 4.79 Å². The average Bonchev–Trinajstić information content (AvgIpc) is 3.19. The highest BCUT2D eigenvalue weighted by atomic mass is 32.1. The number of carboxylic acid groups (broad SMARTS) is 1. The van der Waals surface area contributed by atoms with Crippen LogP contribution in [0.15, 0.2) is 36.0 Å². The summed E-state index contributed by atoms with van der Waals surface area (Å²) in [5, 5.41) is 13.9. The van der Waals surface area contributed by atoms with Gasteiger partial charge >= 0.3 is 5.97 Å². The Kier molecular flexibility index (Phi) is 3.79. The molecular weight excluding hydrogens is 288 g/mol. The number of rotatable bonds is 4. The van der Waals surface area contributed by atoms with Gasteiger partial charge in [-0.3, -0.25) is 9.59 Å². The molecule has 3 rings (SSSR count). The molecule has 1 aliphatic rings. The van der Waals surface area contributed by atoms with Crippen LogP contribution in [0, 0.1) is 5.92 Å². The molecule has 0 saturated heterocycles. The predicted molar refractivity (Wildman–Crippen MR) is 79.9 cm³/mol. The molecule has 0 bridgehead atoms. The first-order valence-corrected chi connectivity index (χ1v) is 7.77. The van der Waals surface area contributed by atoms with Gasteiger partial charge in [-0.25, -0.2) is 0 Å². The topological polar surface area (TPSA) is 71.3 Å². The number of hydrogen-bond donors (Lipinski definition) is 2. The van der Waals surface area contributed by atoms with Crippen molar-refractivity contribution in [1.29, 1.82) is 0 Å². The number of hydrogen-bond acceptors (Lipinski definition) is 3. The Hall–Kier alpha value is -2.08. The fraction of sp³-hybridized carbons (Fsp3) is 0.333. The fourth-order valence-electron chi connectivity index (χ4n) is 2.76. The van der Waals surface area contributed by atoms with Crippen molar-refractivity contribution in [2.75, 3.05) is 0 Å². The van der Waals surface area contributed by atoms with Crippen LogP contribution in [0.25, 0.3) is 5.69 Å². The molecule has 2 heterocycles. The summed E-state index contributed by atoms with van der Waals surface area (Å²) in [6, 6.07) is 5.69. The lowest BCUT2D eigenvalue weighted by molar-refractivity contribution is -0.141. The van der Waals surface area contributed by atoms with E-state index in [1.54, 1.807) is 0 Å². The van der Waals surface area contributed by atoms with Crippen LogP contribution in [0.2, 0.25) is 0 Å². The Morgan fingerprint density at radius 2 is 2.05 bits per heavy atom. The standard InChI is InChI=1S/C15H16N2O3S/c18-14(16-11-4-3-10(9-11)15(19)20)13-12(5-8-21-13)17-6-1-2-7-17/h1-2,5-8,10-11H,3-4,9H2,(H,16,18)(H,19,20)/t10-,11+/m1/s1. The van der Waals surface area contributed by atoms with Crippen molar-refractivity contribution in [1.82, 2.24) is 9.88 Å². The van der Waals surface area contributed by atoms with E-state index in [2.05, 4.69) is 5.32 Å². The normalized spacial score (nSPS) is 21.3. The first kappa shape index (κ1) is 13.9. The van der Waals surface area contributed by atoms with Crippen molar-refractivity contribution in [3.8, 4) is 5.69 Å². The molecule has 1 fully saturated rings. The Morgan fingerprint density at radius 1 is 1.29 bits per heavy atom. The molecule has 110 valence electrons. The molecule has 2 aromatic heterocycles. The van der Waals surface area contributed by atoms with E-state index in [-0.39, 0.29) is 17.9 Å². The third-order valence-corrected chi connectivity index (χ3v) is 4.75. The van der Waals surface area contributed by atoms with Crippen LogP contribution in [-0.4, -0.2) is 27.6 Å². The van der Waals surface area contributed by atoms with Gasteiger partial charge in [-0.15, -0.1) is 11.3 Å². The molecule has 0 unspecified atom stereocenters. The number of carboxylic acids is 1. The third-order valence-electron chi connectivity index (χ3n) is 3.85. The van der Waals surface area contributed by atoms with E-state index in [1.807, 2.05) is 40.5 Å². The smallest absolute Gasteiger partial charge is 0.306 e. The molecule has 2 atom stereocenters. The summed E-state index contributed by atoms with van der Waals surface area (Å²) in [5.74, 6) is -1.22. The third kappa shape index (κ3) is 2.85. The van der Waals surface area contributed by atoms with Crippen LogP contribution >= 0.6 is 11.3 Å². The Balaban J connectivity index is 1.70. The van der Waals surface area contributed by atoms with Gasteiger partial charge in [0.2, 0.25) is 0 Å². The van der Waals surface area contributed by atoms with Gasteiger partial charge in [0.05, 0.1) is 11.6 Å². The van der Waals surface area contributed by atoms with Gasteiger partial charge in [0.1, 0.15) is 4.88 Å². The number of amides is 1. The zero-order chi connectivity index (χ0) is 14.8. The second-order valence-electron chi connectivity index (χ2n) is 5.24. The highest BCUT2D eigenvalue weighted by Crippen LogP contribution is 2.27. The average molecular weight is 304 g/mol. The minimum Gasteiger partial charge on any atom is -0.481 e. The second-order valence-corrected chi connectivity index (χ2v) is 6.16. The molecule has 21 heavy (non-hydrogen) atoms. The monoisotopic (exact) mass is 304 g/mol. The van der Waals surface area contributed by atoms with Crippen molar-refractivity contribution >= 4 is 23.2 Å². The van der Waals surface area contributed by atoms with E-state index >= 15 is 0 Å². The lowest BCUT2D eigenvalue weighted by Crippen LogP contribution is -2.33. The summed E-state index contributed by atoms with van der Waals surface area (Å²) in [5.41, 5.74) is 0.857. The molecule has 0 aliphatic heterocycles. The van der Waals surface area contributed by atoms with Crippen molar-refractivity contribution in [2.24, 2.45) is 5.92 Å². The first-order valence-electron chi connectivity index (χ1n) is 6.89. The number of aliphatic carboxylic acids is 1. The molecule has 0 aromatic carbocycles. The number of nitrogens with one attached hydrogen (secondary N) is 1. The lowest BCUT2D eigenvalue weighted by Gasteiger charge is -2.13. The van der Waals surface area contributed by atoms with Gasteiger partial charge in [0.15, 0.2) is 0 Å². The summed E-state index contributed by atoms with van der Waals surface area (Å²) in [4.78, 5) is 24.0. The summed E-state index contributed by atoms with van der Waals surface area (Å²) in [6.45, 7) is 0. The molecule has 6 heteroatoms. The van der Waals surface area contributed by atoms with Crippen LogP contribution in [0.3, 0.4) is 0 Å². The van der Waals surface area contributed by atoms with E-state index in [9.17, 15) is 9.59 Å². The molecule has 5 nitrogen and oxygen atoms in total. The zero-order valence-corrected chi connectivity index (χ0v) is 12.2. The van der Waals surface area contributed by atoms with Crippen molar-refractivity contribution < 1.29 is 14.7 Å². The highest BCUT2D eigenvalue weighted by molar-refractivity contribution is 7.12. The van der Waals surface area contributed by atoms with E-state index in [0.29, 0.717) is 17.7 Å². The molecule has 1 aliphatic carbocycles. The molecule has 0 radical (unpaired) electrons. The van der Waals surface area contributed by atoms with Crippen LogP contribution in [0.1, 0.15) is 28.9 Å². The maximum absolute atomic E-state index is 12.4. The van der Waals surface area contributed by atoms with E-state index in [0.717, 1.165) is 12.1 Å². The summed E-state index contributed by atoms with van der Waals surface area (Å²) in [6.07, 6.45) is 5.68. The first-order chi connectivity index (χ1) is 10.1. The molecule has 0 spiro atoms. The predicted octanol–water partition coefficient (Wildman–Crippen LogP) is 2.52. The molecule has 2 aromatic rings. The van der Waals surface area contributed by atoms with Crippen molar-refractivity contribution in [3.63, 3.8) is 0 Å². The molecule has 1 amide bonds. The minimum absolute atomic E-state index is 0.0433. The summed E-state index contributed by atoms with van der Waals surface area (Å²) in [7, 11) is 0. The molecule has 1 saturated carbocycles. The van der Waals surface area contributed by atoms with E-state index in [4.69, 9.17) is 5.11 Å². The van der Waals surface area contributed by atoms with Gasteiger partial charge < -0.3 is 15.0 Å². The Labute approximate surface area is 126 Å². The lowest BCUT2D eigenvalue weighted by atomic mass is 10.1. The highest BCUT2D eigenvalue weighted by Gasteiger charge is 2.31. The van der Waals surface area contributed by atoms with Crippen LogP contribution < -0.4 is 5.32 Å². The van der Waals surface area contributed by atoms with Gasteiger partial charge in [0.25, 0.3) is 5.91 Å². The SMILES string of the molecule is O=C(N[C@H]1CC[C@@H](C(=O)O)C1)c1sccc1-n1cccc1. The number of carbonyl (C=O) groups is 2. The second kappa shape index (κ2) is 5.73. The van der Waals surface area contributed by atoms with Crippen LogP contribution in [0.5, 0.6) is 0 Å². The Morgan fingerprint density at radius 3 is 2.71 bits per heavy atom. The fourth-order valence-corrected chi connectivity index (χ4v) is 3.55. The number of thiophene rings is 1. The van der Waals surface area contributed by atoms with Gasteiger partial charge in [-0.1, -0.05) is 0 Å². The minimum atomic E-state index is -0.768. The zero-order valence-electron chi connectivity index (χ0n) is 11.4. The van der Waals surface area contributed by atoms with Gasteiger partial charge in [-0.2, -0.15) is 0 Å². The maximum atomic E-state index is 12.4. The molecule has 2 N–H and O–H groups in total. The van der Waals surface area contributed by atoms with Crippen molar-refractivity contribution in [3.05, 3.63) is 40.8 Å². The summed E-state index contributed by atoms with van der Waals surface area (Å²) < 4.78 is 1.90.